The number of benzene rings is 1. The van der Waals surface area contributed by atoms with Crippen molar-refractivity contribution in [3.63, 3.8) is 0 Å². The van der Waals surface area contributed by atoms with Crippen LogP contribution in [-0.4, -0.2) is 62.3 Å². The zero-order valence-electron chi connectivity index (χ0n) is 17.5. The number of amides is 1. The molecule has 1 aliphatic carbocycles. The molecule has 0 unspecified atom stereocenters. The number of hydrogen-bond acceptors (Lipinski definition) is 6. The first-order valence-electron chi connectivity index (χ1n) is 10.6. The second kappa shape index (κ2) is 8.84. The molecule has 2 aromatic rings. The van der Waals surface area contributed by atoms with Crippen molar-refractivity contribution in [3.05, 3.63) is 53.3 Å². The van der Waals surface area contributed by atoms with Crippen molar-refractivity contribution in [1.29, 1.82) is 0 Å². The molecule has 1 saturated heterocycles. The van der Waals surface area contributed by atoms with E-state index < -0.39 is 16.0 Å². The highest BCUT2D eigenvalue weighted by molar-refractivity contribution is 7.89. The van der Waals surface area contributed by atoms with E-state index in [1.165, 1.54) is 22.0 Å². The number of ether oxygens (including phenoxy) is 1. The molecule has 0 bridgehead atoms. The summed E-state index contributed by atoms with van der Waals surface area (Å²) in [7, 11) is -3.89. The number of fused-ring (bicyclic) bond motifs is 1. The first kappa shape index (κ1) is 21.6. The van der Waals surface area contributed by atoms with E-state index in [1.807, 2.05) is 18.2 Å². The second-order valence-electron chi connectivity index (χ2n) is 7.71. The minimum absolute atomic E-state index is 0.0618. The smallest absolute Gasteiger partial charge is 0.374 e. The molecule has 1 amide bonds. The fourth-order valence-electron chi connectivity index (χ4n) is 4.28. The van der Waals surface area contributed by atoms with Crippen LogP contribution in [0.2, 0.25) is 0 Å². The van der Waals surface area contributed by atoms with Crippen LogP contribution < -0.4 is 0 Å². The number of carbonyl (C=O) groups excluding carboxylic acids is 2. The maximum Gasteiger partial charge on any atom is 0.374 e. The van der Waals surface area contributed by atoms with Crippen molar-refractivity contribution in [2.24, 2.45) is 0 Å². The van der Waals surface area contributed by atoms with E-state index in [0.717, 1.165) is 24.8 Å². The van der Waals surface area contributed by atoms with Gasteiger partial charge in [0.15, 0.2) is 0 Å². The number of esters is 1. The summed E-state index contributed by atoms with van der Waals surface area (Å²) in [6.07, 6.45) is 2.78. The molecule has 1 atom stereocenters. The van der Waals surface area contributed by atoms with Crippen molar-refractivity contribution in [2.75, 3.05) is 32.8 Å². The zero-order chi connectivity index (χ0) is 22.0. The first-order chi connectivity index (χ1) is 14.9. The van der Waals surface area contributed by atoms with Crippen LogP contribution in [0, 0.1) is 0 Å². The number of furan rings is 1. The van der Waals surface area contributed by atoms with Gasteiger partial charge in [-0.1, -0.05) is 24.3 Å². The molecule has 0 radical (unpaired) electrons. The molecule has 4 rings (SSSR count). The van der Waals surface area contributed by atoms with Gasteiger partial charge in [0.1, 0.15) is 0 Å². The van der Waals surface area contributed by atoms with E-state index in [-0.39, 0.29) is 42.4 Å². The Labute approximate surface area is 181 Å². The number of carbonyl (C=O) groups is 2. The van der Waals surface area contributed by atoms with Crippen molar-refractivity contribution < 1.29 is 27.2 Å². The summed E-state index contributed by atoms with van der Waals surface area (Å²) in [5.74, 6) is -0.950. The average Bonchev–Trinajstić information content (AvgIpc) is 3.30. The Kier molecular flexibility index (Phi) is 6.15. The summed E-state index contributed by atoms with van der Waals surface area (Å²) in [5.41, 5.74) is 2.32. The summed E-state index contributed by atoms with van der Waals surface area (Å²) in [6, 6.07) is 10.6. The number of nitrogens with zero attached hydrogens (tertiary/aromatic N) is 2. The number of aryl methyl sites for hydroxylation is 1. The van der Waals surface area contributed by atoms with E-state index in [4.69, 9.17) is 9.15 Å². The molecular formula is C22H26N2O6S. The number of hydrogen-bond donors (Lipinski definition) is 0. The van der Waals surface area contributed by atoms with Gasteiger partial charge in [0, 0.05) is 26.2 Å². The predicted octanol–water partition coefficient (Wildman–Crippen LogP) is 2.41. The van der Waals surface area contributed by atoms with E-state index >= 15 is 0 Å². The van der Waals surface area contributed by atoms with Crippen molar-refractivity contribution in [3.8, 4) is 0 Å². The molecule has 31 heavy (non-hydrogen) atoms. The maximum absolute atomic E-state index is 13.2. The highest BCUT2D eigenvalue weighted by Crippen LogP contribution is 2.33. The normalized spacial score (nSPS) is 19.6. The van der Waals surface area contributed by atoms with Gasteiger partial charge in [0.25, 0.3) is 10.0 Å². The van der Waals surface area contributed by atoms with Crippen LogP contribution in [0.25, 0.3) is 0 Å². The largest absolute Gasteiger partial charge is 0.460 e. The molecule has 0 spiro atoms. The molecule has 1 aromatic carbocycles. The average molecular weight is 447 g/mol. The minimum atomic E-state index is -3.89. The van der Waals surface area contributed by atoms with Gasteiger partial charge in [-0.2, -0.15) is 4.31 Å². The van der Waals surface area contributed by atoms with Gasteiger partial charge in [-0.15, -0.1) is 0 Å². The Morgan fingerprint density at radius 3 is 2.58 bits per heavy atom. The van der Waals surface area contributed by atoms with E-state index in [2.05, 4.69) is 6.07 Å². The molecule has 0 N–H and O–H groups in total. The summed E-state index contributed by atoms with van der Waals surface area (Å²) in [4.78, 5) is 26.7. The second-order valence-corrected chi connectivity index (χ2v) is 9.58. The number of sulfonamides is 1. The topological polar surface area (TPSA) is 97.1 Å². The van der Waals surface area contributed by atoms with Gasteiger partial charge >= 0.3 is 5.97 Å². The van der Waals surface area contributed by atoms with Crippen LogP contribution in [-0.2, 0) is 26.0 Å². The van der Waals surface area contributed by atoms with Crippen molar-refractivity contribution in [2.45, 2.75) is 37.2 Å². The van der Waals surface area contributed by atoms with Crippen molar-refractivity contribution in [1.82, 2.24) is 9.21 Å². The van der Waals surface area contributed by atoms with Gasteiger partial charge in [-0.25, -0.2) is 13.2 Å². The van der Waals surface area contributed by atoms with Gasteiger partial charge < -0.3 is 14.1 Å². The molecule has 1 aromatic heterocycles. The Morgan fingerprint density at radius 1 is 1.10 bits per heavy atom. The third kappa shape index (κ3) is 4.24. The monoisotopic (exact) mass is 446 g/mol. The molecule has 2 heterocycles. The van der Waals surface area contributed by atoms with Crippen LogP contribution in [0.3, 0.4) is 0 Å². The Morgan fingerprint density at radius 2 is 1.84 bits per heavy atom. The molecule has 1 fully saturated rings. The highest BCUT2D eigenvalue weighted by Gasteiger charge is 2.36. The van der Waals surface area contributed by atoms with Gasteiger partial charge in [0.2, 0.25) is 16.8 Å². The van der Waals surface area contributed by atoms with Crippen LogP contribution in [0.4, 0.5) is 0 Å². The molecule has 1 aliphatic heterocycles. The number of rotatable bonds is 5. The Balaban J connectivity index is 1.42. The van der Waals surface area contributed by atoms with Gasteiger partial charge in [-0.3, -0.25) is 4.79 Å². The van der Waals surface area contributed by atoms with E-state index in [0.29, 0.717) is 13.1 Å². The summed E-state index contributed by atoms with van der Waals surface area (Å²) in [6.45, 7) is 2.83. The van der Waals surface area contributed by atoms with Crippen LogP contribution in [0.5, 0.6) is 0 Å². The minimum Gasteiger partial charge on any atom is -0.460 e. The van der Waals surface area contributed by atoms with Gasteiger partial charge in [0.05, 0.1) is 12.5 Å². The molecule has 166 valence electrons. The van der Waals surface area contributed by atoms with Crippen molar-refractivity contribution >= 4 is 21.9 Å². The quantitative estimate of drug-likeness (QED) is 0.655. The molecule has 0 saturated carbocycles. The third-order valence-corrected chi connectivity index (χ3v) is 7.64. The summed E-state index contributed by atoms with van der Waals surface area (Å²) < 4.78 is 37.2. The molecular weight excluding hydrogens is 420 g/mol. The fraction of sp³-hybridized carbons (Fsp3) is 0.455. The lowest BCUT2D eigenvalue weighted by Gasteiger charge is -2.36. The highest BCUT2D eigenvalue weighted by atomic mass is 32.2. The Hall–Kier alpha value is -2.65. The SMILES string of the molecule is CCOC(=O)c1ccc(S(=O)(=O)N2CCN(C(=O)[C@H]3CCCc4ccccc43)CC2)o1. The van der Waals surface area contributed by atoms with Gasteiger partial charge in [-0.05, 0) is 49.4 Å². The fourth-order valence-corrected chi connectivity index (χ4v) is 5.61. The standard InChI is InChI=1S/C22H26N2O6S/c1-2-29-22(26)19-10-11-20(30-19)31(27,28)24-14-12-23(13-15-24)21(25)18-9-5-7-16-6-3-4-8-17(16)18/h3-4,6,8,10-11,18H,2,5,7,9,12-15H2,1H3/t18-/m0/s1. The summed E-state index contributed by atoms with van der Waals surface area (Å²) in [5, 5.41) is -0.295. The first-order valence-corrected chi connectivity index (χ1v) is 12.0. The third-order valence-electron chi connectivity index (χ3n) is 5.87. The van der Waals surface area contributed by atoms with Crippen LogP contribution in [0.15, 0.2) is 45.9 Å². The van der Waals surface area contributed by atoms with Crippen LogP contribution >= 0.6 is 0 Å². The molecule has 2 aliphatic rings. The molecule has 9 heteroatoms. The van der Waals surface area contributed by atoms with E-state index in [1.54, 1.807) is 11.8 Å². The zero-order valence-corrected chi connectivity index (χ0v) is 18.3. The predicted molar refractivity (Wildman–Crippen MR) is 112 cm³/mol. The Bertz CT molecular complexity index is 1070. The molecule has 8 nitrogen and oxygen atoms in total. The summed E-state index contributed by atoms with van der Waals surface area (Å²) >= 11 is 0. The van der Waals surface area contributed by atoms with E-state index in [9.17, 15) is 18.0 Å². The lowest BCUT2D eigenvalue weighted by Crippen LogP contribution is -2.51. The lowest BCUT2D eigenvalue weighted by atomic mass is 9.82. The lowest BCUT2D eigenvalue weighted by molar-refractivity contribution is -0.134. The number of piperazine rings is 1. The van der Waals surface area contributed by atoms with Crippen LogP contribution in [0.1, 0.15) is 47.4 Å². The maximum atomic E-state index is 13.2.